The van der Waals surface area contributed by atoms with E-state index in [1.54, 1.807) is 104 Å². The first-order valence-corrected chi connectivity index (χ1v) is 8.52. The fraction of sp³-hybridized carbons (Fsp3) is 1.00. The summed E-state index contributed by atoms with van der Waals surface area (Å²) >= 11 is 0. The smallest absolute Gasteiger partial charge is 0.850 e. The van der Waals surface area contributed by atoms with Crippen LogP contribution in [0.1, 0.15) is 104 Å². The summed E-state index contributed by atoms with van der Waals surface area (Å²) in [5.74, 6) is 0. The van der Waals surface area contributed by atoms with Gasteiger partial charge in [0.05, 0.1) is 0 Å². The number of rotatable bonds is 0. The second-order valence-corrected chi connectivity index (χ2v) is 10.6. The minimum Gasteiger partial charge on any atom is -0.850 e. The minimum absolute atomic E-state index is 0. The Morgan fingerprint density at radius 2 is 0.296 bits per heavy atom. The van der Waals surface area contributed by atoms with Crippen molar-refractivity contribution in [2.24, 2.45) is 0 Å². The summed E-state index contributed by atoms with van der Waals surface area (Å²) in [6, 6.07) is 0. The molecular weight excluding hydrogens is 407 g/mol. The molecule has 0 fully saturated rings. The molecule has 0 rings (SSSR count). The van der Waals surface area contributed by atoms with E-state index in [9.17, 15) is 25.5 Å². The summed E-state index contributed by atoms with van der Waals surface area (Å²) in [7, 11) is 0. The monoisotopic (exact) mass is 452 g/mol. The van der Waals surface area contributed by atoms with Gasteiger partial charge in [0.1, 0.15) is 0 Å². The molecule has 0 aliphatic rings. The molecule has 0 radical (unpaired) electrons. The van der Waals surface area contributed by atoms with E-state index in [0.717, 1.165) is 0 Å². The zero-order valence-electron chi connectivity index (χ0n) is 21.0. The molecule has 160 valence electrons. The summed E-state index contributed by atoms with van der Waals surface area (Å²) in [5.41, 5.74) is -3.75. The van der Waals surface area contributed by atoms with Crippen LogP contribution in [0.3, 0.4) is 0 Å². The van der Waals surface area contributed by atoms with Crippen LogP contribution in [-0.2, 0) is 21.7 Å². The molecule has 0 amide bonds. The van der Waals surface area contributed by atoms with Gasteiger partial charge in [-0.1, -0.05) is 104 Å². The van der Waals surface area contributed by atoms with Crippen molar-refractivity contribution < 1.29 is 98.6 Å². The van der Waals surface area contributed by atoms with Gasteiger partial charge in [-0.05, 0) is 0 Å². The average Bonchev–Trinajstić information content (AvgIpc) is 1.79. The van der Waals surface area contributed by atoms with Crippen LogP contribution in [0.25, 0.3) is 0 Å². The Morgan fingerprint density at radius 1 is 0.296 bits per heavy atom. The van der Waals surface area contributed by atoms with Crippen molar-refractivity contribution in [2.45, 2.75) is 132 Å². The molecule has 0 spiro atoms. The number of hydrogen-bond donors (Lipinski definition) is 0. The molecule has 0 N–H and O–H groups in total. The molecule has 0 unspecified atom stereocenters. The van der Waals surface area contributed by atoms with E-state index in [2.05, 4.69) is 0 Å². The van der Waals surface area contributed by atoms with Gasteiger partial charge in [0, 0.05) is 0 Å². The van der Waals surface area contributed by atoms with E-state index in [1.165, 1.54) is 0 Å². The molecule has 0 aromatic carbocycles. The summed E-state index contributed by atoms with van der Waals surface area (Å²) in [6.07, 6.45) is 0. The first-order valence-electron chi connectivity index (χ1n) is 8.52. The zero-order valence-corrected chi connectivity index (χ0v) is 25.7. The predicted molar refractivity (Wildman–Crippen MR) is 98.8 cm³/mol. The number of hydrogen-bond acceptors (Lipinski definition) is 5. The van der Waals surface area contributed by atoms with E-state index >= 15 is 0 Å². The maximum absolute atomic E-state index is 10.1. The first kappa shape index (κ1) is 47.1. The molecule has 0 aliphatic carbocycles. The Labute approximate surface area is 228 Å². The van der Waals surface area contributed by atoms with Crippen LogP contribution < -0.4 is 76.9 Å². The van der Waals surface area contributed by atoms with Crippen LogP contribution in [0.15, 0.2) is 0 Å². The van der Waals surface area contributed by atoms with Crippen molar-refractivity contribution in [1.82, 2.24) is 0 Å². The van der Waals surface area contributed by atoms with Gasteiger partial charge in [0.25, 0.3) is 0 Å². The second kappa shape index (κ2) is 20.1. The Balaban J connectivity index is -0.0000000364. The van der Waals surface area contributed by atoms with E-state index in [0.29, 0.717) is 0 Å². The first-order chi connectivity index (χ1) is 10.0. The topological polar surface area (TPSA) is 115 Å². The van der Waals surface area contributed by atoms with Gasteiger partial charge < -0.3 is 25.5 Å². The van der Waals surface area contributed by atoms with Gasteiger partial charge in [-0.25, -0.2) is 0 Å². The fourth-order valence-corrected chi connectivity index (χ4v) is 0. The van der Waals surface area contributed by atoms with Crippen molar-refractivity contribution >= 4 is 0 Å². The molecule has 0 bridgehead atoms. The maximum Gasteiger partial charge on any atom is 4.00 e. The van der Waals surface area contributed by atoms with E-state index in [4.69, 9.17) is 0 Å². The zero-order chi connectivity index (χ0) is 22.5. The Hall–Kier alpha value is 2.15. The summed E-state index contributed by atoms with van der Waals surface area (Å²) in [6.45, 7) is 24.5. The molecule has 0 atom stereocenters. The molecule has 0 saturated carbocycles. The quantitative estimate of drug-likeness (QED) is 0.384. The van der Waals surface area contributed by atoms with Gasteiger partial charge in [0.2, 0.25) is 0 Å². The van der Waals surface area contributed by atoms with Crippen LogP contribution in [-0.4, -0.2) is 28.0 Å². The van der Waals surface area contributed by atoms with Gasteiger partial charge in [0.15, 0.2) is 0 Å². The van der Waals surface area contributed by atoms with Crippen LogP contribution in [0, 0.1) is 0 Å². The molecule has 0 aromatic heterocycles. The molecule has 27 heavy (non-hydrogen) atoms. The van der Waals surface area contributed by atoms with Crippen LogP contribution in [0.2, 0.25) is 0 Å². The Kier molecular flexibility index (Phi) is 35.0. The Bertz CT molecular complexity index is 178. The maximum atomic E-state index is 10.1. The van der Waals surface area contributed by atoms with Crippen molar-refractivity contribution in [3.05, 3.63) is 0 Å². The molecule has 0 saturated heterocycles. The SMILES string of the molecule is CC(C)(C)[O-].CC(C)(C)[O-].CC(C)(C)[O-].CC(C)(C)[O-].CC(C)(C)[O-].[K+].[Ti+4]. The van der Waals surface area contributed by atoms with E-state index < -0.39 is 28.0 Å². The second-order valence-electron chi connectivity index (χ2n) is 10.6. The van der Waals surface area contributed by atoms with E-state index in [-0.39, 0.29) is 73.1 Å². The minimum atomic E-state index is -0.750. The van der Waals surface area contributed by atoms with Gasteiger partial charge >= 0.3 is 73.1 Å². The van der Waals surface area contributed by atoms with Gasteiger partial charge in [-0.2, -0.15) is 0 Å². The average molecular weight is 453 g/mol. The molecule has 0 aliphatic heterocycles. The normalized spacial score (nSPS) is 11.1. The van der Waals surface area contributed by atoms with Crippen molar-refractivity contribution in [2.75, 3.05) is 0 Å². The van der Waals surface area contributed by atoms with Crippen LogP contribution >= 0.6 is 0 Å². The van der Waals surface area contributed by atoms with Crippen molar-refractivity contribution in [3.63, 3.8) is 0 Å². The van der Waals surface area contributed by atoms with Crippen molar-refractivity contribution in [1.29, 1.82) is 0 Å². The summed E-state index contributed by atoms with van der Waals surface area (Å²) in [4.78, 5) is 0. The third kappa shape index (κ3) is 4160. The standard InChI is InChI=1S/5C4H9O.K.Ti/c5*1-4(2,3)5;;/h5*1-3H3;;/q5*-1;+1;+4. The molecule has 5 nitrogen and oxygen atoms in total. The molecule has 0 aromatic rings. The fourth-order valence-electron chi connectivity index (χ4n) is 0. The largest absolute Gasteiger partial charge is 4.00 e. The summed E-state index contributed by atoms with van der Waals surface area (Å²) < 4.78 is 0. The molecule has 7 heteroatoms. The van der Waals surface area contributed by atoms with Gasteiger partial charge in [-0.15, -0.1) is 28.0 Å². The predicted octanol–water partition coefficient (Wildman–Crippen LogP) is -2.27. The molecule has 0 heterocycles. The Morgan fingerprint density at radius 3 is 0.296 bits per heavy atom. The van der Waals surface area contributed by atoms with Gasteiger partial charge in [-0.3, -0.25) is 0 Å². The third-order valence-corrected chi connectivity index (χ3v) is 0. The molecular formula is C20H45KO5Ti. The van der Waals surface area contributed by atoms with Crippen molar-refractivity contribution in [3.8, 4) is 0 Å². The van der Waals surface area contributed by atoms with E-state index in [1.807, 2.05) is 0 Å². The summed E-state index contributed by atoms with van der Waals surface area (Å²) in [5, 5.41) is 50.5. The van der Waals surface area contributed by atoms with Crippen LogP contribution in [0.4, 0.5) is 0 Å². The third-order valence-electron chi connectivity index (χ3n) is 0. The van der Waals surface area contributed by atoms with Crippen LogP contribution in [0.5, 0.6) is 0 Å².